The minimum absolute atomic E-state index is 0.0810. The van der Waals surface area contributed by atoms with E-state index in [-0.39, 0.29) is 5.69 Å². The number of carboxylic acid groups (broad SMARTS) is 1. The maximum atomic E-state index is 10.1. The van der Waals surface area contributed by atoms with E-state index in [9.17, 15) is 4.79 Å². The standard InChI is InChI=1S/C23H30ClN3O.C6H5NO2/c1-5-27(6-2)13-7-8-16(3)25-23-19-11-9-17(24)14-22(19)26-21-12-10-18(28-4)15-20(21)23;8-6(9)5-3-1-2-4-7-5/h9-12,14-16H,5-8,13H2,1-4H3,(H,25,26);1-4H,(H,8,9). The van der Waals surface area contributed by atoms with Gasteiger partial charge in [-0.05, 0) is 87.9 Å². The molecule has 0 spiro atoms. The van der Waals surface area contributed by atoms with Crippen molar-refractivity contribution >= 4 is 45.1 Å². The Morgan fingerprint density at radius 3 is 2.49 bits per heavy atom. The minimum atomic E-state index is -0.990. The fourth-order valence-corrected chi connectivity index (χ4v) is 4.31. The largest absolute Gasteiger partial charge is 0.497 e. The number of ether oxygens (including phenoxy) is 1. The SMILES string of the molecule is CCN(CC)CCCC(C)Nc1c2ccc(Cl)cc2nc2ccc(OC)cc12.O=C(O)c1ccccn1. The molecule has 2 aromatic heterocycles. The highest BCUT2D eigenvalue weighted by Gasteiger charge is 2.13. The molecular weight excluding hydrogens is 488 g/mol. The minimum Gasteiger partial charge on any atom is -0.497 e. The van der Waals surface area contributed by atoms with E-state index in [4.69, 9.17) is 26.4 Å². The first kappa shape index (κ1) is 28.2. The number of aromatic nitrogens is 2. The van der Waals surface area contributed by atoms with Crippen molar-refractivity contribution in [3.8, 4) is 5.75 Å². The van der Waals surface area contributed by atoms with Crippen LogP contribution in [0.3, 0.4) is 0 Å². The number of anilines is 1. The van der Waals surface area contributed by atoms with Gasteiger partial charge >= 0.3 is 5.97 Å². The number of fused-ring (bicyclic) bond motifs is 2. The number of carbonyl (C=O) groups is 1. The summed E-state index contributed by atoms with van der Waals surface area (Å²) in [5, 5.41) is 14.9. The number of pyridine rings is 2. The lowest BCUT2D eigenvalue weighted by molar-refractivity contribution is 0.0690. The Morgan fingerprint density at radius 1 is 1.08 bits per heavy atom. The van der Waals surface area contributed by atoms with E-state index in [2.05, 4.69) is 48.1 Å². The maximum Gasteiger partial charge on any atom is 0.354 e. The zero-order chi connectivity index (χ0) is 26.8. The van der Waals surface area contributed by atoms with E-state index < -0.39 is 5.97 Å². The third-order valence-electron chi connectivity index (χ3n) is 6.22. The van der Waals surface area contributed by atoms with Crippen molar-refractivity contribution in [3.05, 3.63) is 71.5 Å². The maximum absolute atomic E-state index is 10.1. The molecule has 0 amide bonds. The lowest BCUT2D eigenvalue weighted by Crippen LogP contribution is -2.25. The summed E-state index contributed by atoms with van der Waals surface area (Å²) in [6, 6.07) is 17.0. The molecule has 0 aliphatic heterocycles. The molecule has 7 nitrogen and oxygen atoms in total. The van der Waals surface area contributed by atoms with Gasteiger partial charge in [-0.15, -0.1) is 0 Å². The normalized spacial score (nSPS) is 11.7. The van der Waals surface area contributed by atoms with Gasteiger partial charge in [0.2, 0.25) is 0 Å². The van der Waals surface area contributed by atoms with Crippen molar-refractivity contribution in [2.45, 2.75) is 39.7 Å². The van der Waals surface area contributed by atoms with Crippen LogP contribution in [0.1, 0.15) is 44.1 Å². The van der Waals surface area contributed by atoms with Crippen LogP contribution in [0.2, 0.25) is 5.02 Å². The summed E-state index contributed by atoms with van der Waals surface area (Å²) in [4.78, 5) is 21.0. The summed E-state index contributed by atoms with van der Waals surface area (Å²) < 4.78 is 5.45. The van der Waals surface area contributed by atoms with Crippen LogP contribution in [0.25, 0.3) is 21.8 Å². The number of hydrogen-bond donors (Lipinski definition) is 2. The first-order chi connectivity index (χ1) is 17.9. The Kier molecular flexibility index (Phi) is 10.5. The topological polar surface area (TPSA) is 87.6 Å². The molecule has 0 saturated carbocycles. The Hall–Kier alpha value is -3.42. The Bertz CT molecular complexity index is 1310. The van der Waals surface area contributed by atoms with Gasteiger partial charge in [-0.2, -0.15) is 0 Å². The lowest BCUT2D eigenvalue weighted by atomic mass is 10.1. The molecule has 0 bridgehead atoms. The average molecular weight is 523 g/mol. The number of nitrogens with one attached hydrogen (secondary N) is 1. The number of hydrogen-bond acceptors (Lipinski definition) is 6. The number of aromatic carboxylic acids is 1. The fourth-order valence-electron chi connectivity index (χ4n) is 4.15. The second-order valence-corrected chi connectivity index (χ2v) is 9.20. The highest BCUT2D eigenvalue weighted by atomic mass is 35.5. The van der Waals surface area contributed by atoms with Crippen molar-refractivity contribution in [2.75, 3.05) is 32.1 Å². The van der Waals surface area contributed by atoms with Crippen molar-refractivity contribution in [1.82, 2.24) is 14.9 Å². The highest BCUT2D eigenvalue weighted by Crippen LogP contribution is 2.34. The molecule has 2 heterocycles. The van der Waals surface area contributed by atoms with Crippen molar-refractivity contribution in [2.24, 2.45) is 0 Å². The van der Waals surface area contributed by atoms with Crippen LogP contribution in [-0.2, 0) is 0 Å². The molecule has 4 aromatic rings. The van der Waals surface area contributed by atoms with Gasteiger partial charge in [0.15, 0.2) is 0 Å². The molecule has 1 unspecified atom stereocenters. The molecule has 2 aromatic carbocycles. The molecule has 2 N–H and O–H groups in total. The van der Waals surface area contributed by atoms with Crippen LogP contribution < -0.4 is 10.1 Å². The fraction of sp³-hybridized carbons (Fsp3) is 0.345. The van der Waals surface area contributed by atoms with Gasteiger partial charge in [0, 0.05) is 28.0 Å². The molecule has 1 atom stereocenters. The summed E-state index contributed by atoms with van der Waals surface area (Å²) in [5.41, 5.74) is 3.03. The van der Waals surface area contributed by atoms with Gasteiger partial charge in [0.1, 0.15) is 11.4 Å². The van der Waals surface area contributed by atoms with Gasteiger partial charge in [0.05, 0.1) is 23.8 Å². The molecule has 8 heteroatoms. The second-order valence-electron chi connectivity index (χ2n) is 8.77. The third-order valence-corrected chi connectivity index (χ3v) is 6.46. The molecular formula is C29H35ClN4O3. The van der Waals surface area contributed by atoms with E-state index in [1.165, 1.54) is 18.7 Å². The second kappa shape index (κ2) is 13.8. The Morgan fingerprint density at radius 2 is 1.86 bits per heavy atom. The molecule has 0 aliphatic rings. The average Bonchev–Trinajstić information content (AvgIpc) is 2.91. The summed E-state index contributed by atoms with van der Waals surface area (Å²) in [7, 11) is 1.69. The van der Waals surface area contributed by atoms with Crippen LogP contribution in [0.5, 0.6) is 5.75 Å². The van der Waals surface area contributed by atoms with Gasteiger partial charge in [0.25, 0.3) is 0 Å². The predicted octanol–water partition coefficient (Wildman–Crippen LogP) is 6.75. The van der Waals surface area contributed by atoms with Crippen LogP contribution in [0.4, 0.5) is 5.69 Å². The molecule has 0 fully saturated rings. The number of halogens is 1. The number of benzene rings is 2. The van der Waals surface area contributed by atoms with Crippen molar-refractivity contribution < 1.29 is 14.6 Å². The quantitative estimate of drug-likeness (QED) is 0.223. The summed E-state index contributed by atoms with van der Waals surface area (Å²) >= 11 is 6.22. The molecule has 37 heavy (non-hydrogen) atoms. The number of rotatable bonds is 10. The Labute approximate surface area is 223 Å². The van der Waals surface area contributed by atoms with E-state index in [1.54, 1.807) is 19.2 Å². The van der Waals surface area contributed by atoms with Gasteiger partial charge in [-0.25, -0.2) is 14.8 Å². The van der Waals surface area contributed by atoms with Crippen LogP contribution in [0.15, 0.2) is 60.8 Å². The number of carboxylic acids is 1. The molecule has 0 radical (unpaired) electrons. The molecule has 0 saturated heterocycles. The van der Waals surface area contributed by atoms with Gasteiger partial charge in [-0.1, -0.05) is 31.5 Å². The van der Waals surface area contributed by atoms with E-state index in [1.807, 2.05) is 24.3 Å². The lowest BCUT2D eigenvalue weighted by Gasteiger charge is -2.22. The molecule has 4 rings (SSSR count). The van der Waals surface area contributed by atoms with Crippen LogP contribution in [0, 0.1) is 0 Å². The first-order valence-electron chi connectivity index (χ1n) is 12.6. The van der Waals surface area contributed by atoms with Gasteiger partial charge in [-0.3, -0.25) is 0 Å². The molecule has 0 aliphatic carbocycles. The highest BCUT2D eigenvalue weighted by molar-refractivity contribution is 6.31. The van der Waals surface area contributed by atoms with E-state index in [0.29, 0.717) is 11.1 Å². The first-order valence-corrected chi connectivity index (χ1v) is 12.9. The van der Waals surface area contributed by atoms with Crippen molar-refractivity contribution in [3.63, 3.8) is 0 Å². The van der Waals surface area contributed by atoms with E-state index in [0.717, 1.165) is 59.3 Å². The smallest absolute Gasteiger partial charge is 0.354 e. The zero-order valence-corrected chi connectivity index (χ0v) is 22.6. The molecule has 196 valence electrons. The summed E-state index contributed by atoms with van der Waals surface area (Å²) in [5.74, 6) is -0.157. The summed E-state index contributed by atoms with van der Waals surface area (Å²) in [6.07, 6.45) is 3.73. The van der Waals surface area contributed by atoms with Crippen LogP contribution >= 0.6 is 11.6 Å². The summed E-state index contributed by atoms with van der Waals surface area (Å²) in [6.45, 7) is 10.0. The van der Waals surface area contributed by atoms with Crippen LogP contribution in [-0.4, -0.2) is 58.7 Å². The van der Waals surface area contributed by atoms with Gasteiger partial charge < -0.3 is 20.1 Å². The third kappa shape index (κ3) is 7.78. The number of methoxy groups -OCH3 is 1. The predicted molar refractivity (Wildman–Crippen MR) is 152 cm³/mol. The Balaban J connectivity index is 0.000000356. The van der Waals surface area contributed by atoms with Crippen molar-refractivity contribution in [1.29, 1.82) is 0 Å². The number of nitrogens with zero attached hydrogens (tertiary/aromatic N) is 3. The zero-order valence-electron chi connectivity index (χ0n) is 21.9. The van der Waals surface area contributed by atoms with E-state index >= 15 is 0 Å². The monoisotopic (exact) mass is 522 g/mol.